The van der Waals surface area contributed by atoms with Crippen LogP contribution in [0.4, 0.5) is 5.82 Å². The van der Waals surface area contributed by atoms with Crippen molar-refractivity contribution in [1.82, 2.24) is 4.98 Å². The third kappa shape index (κ3) is 2.68. The van der Waals surface area contributed by atoms with Crippen molar-refractivity contribution in [2.45, 2.75) is 25.1 Å². The number of hydrogen-bond donors (Lipinski definition) is 1. The monoisotopic (exact) mass is 237 g/mol. The van der Waals surface area contributed by atoms with Crippen LogP contribution in [0.2, 0.25) is 0 Å². The standard InChI is InChI=1S/C12H19N3S/c1-12(2)9-15(5-6-16-12)11-4-3-10(7-13)8-14-11/h3-4,8H,5-7,9,13H2,1-2H3. The van der Waals surface area contributed by atoms with Crippen LogP contribution in [-0.4, -0.2) is 28.6 Å². The molecular weight excluding hydrogens is 218 g/mol. The van der Waals surface area contributed by atoms with Crippen LogP contribution in [-0.2, 0) is 6.54 Å². The van der Waals surface area contributed by atoms with Crippen molar-refractivity contribution >= 4 is 17.6 Å². The molecule has 88 valence electrons. The van der Waals surface area contributed by atoms with Gasteiger partial charge in [-0.15, -0.1) is 0 Å². The van der Waals surface area contributed by atoms with Crippen molar-refractivity contribution in [1.29, 1.82) is 0 Å². The summed E-state index contributed by atoms with van der Waals surface area (Å²) in [6.45, 7) is 7.29. The second kappa shape index (κ2) is 4.63. The molecular formula is C12H19N3S. The second-order valence-electron chi connectivity index (χ2n) is 4.76. The Labute approximate surface area is 101 Å². The molecule has 1 saturated heterocycles. The zero-order valence-electron chi connectivity index (χ0n) is 9.94. The maximum absolute atomic E-state index is 5.56. The first-order valence-electron chi connectivity index (χ1n) is 5.65. The van der Waals surface area contributed by atoms with Gasteiger partial charge in [-0.05, 0) is 25.5 Å². The van der Waals surface area contributed by atoms with Gasteiger partial charge >= 0.3 is 0 Å². The summed E-state index contributed by atoms with van der Waals surface area (Å²) in [6.07, 6.45) is 1.88. The molecule has 0 unspecified atom stereocenters. The average molecular weight is 237 g/mol. The fraction of sp³-hybridized carbons (Fsp3) is 0.583. The lowest BCUT2D eigenvalue weighted by atomic mass is 10.2. The van der Waals surface area contributed by atoms with E-state index in [1.165, 1.54) is 5.75 Å². The van der Waals surface area contributed by atoms with Crippen molar-refractivity contribution < 1.29 is 0 Å². The summed E-state index contributed by atoms with van der Waals surface area (Å²) in [5.74, 6) is 2.25. The van der Waals surface area contributed by atoms with E-state index in [1.807, 2.05) is 18.0 Å². The largest absolute Gasteiger partial charge is 0.354 e. The van der Waals surface area contributed by atoms with Gasteiger partial charge in [0.05, 0.1) is 0 Å². The van der Waals surface area contributed by atoms with Crippen LogP contribution in [0.5, 0.6) is 0 Å². The summed E-state index contributed by atoms with van der Waals surface area (Å²) in [6, 6.07) is 4.14. The van der Waals surface area contributed by atoms with E-state index < -0.39 is 0 Å². The van der Waals surface area contributed by atoms with Crippen LogP contribution in [0, 0.1) is 0 Å². The molecule has 0 bridgehead atoms. The second-order valence-corrected chi connectivity index (χ2v) is 6.56. The third-order valence-corrected chi connectivity index (χ3v) is 4.09. The van der Waals surface area contributed by atoms with E-state index in [0.717, 1.165) is 24.5 Å². The summed E-state index contributed by atoms with van der Waals surface area (Å²) in [5, 5.41) is 0. The Morgan fingerprint density at radius 3 is 2.88 bits per heavy atom. The van der Waals surface area contributed by atoms with Gasteiger partial charge in [0.2, 0.25) is 0 Å². The van der Waals surface area contributed by atoms with Gasteiger partial charge in [-0.2, -0.15) is 11.8 Å². The summed E-state index contributed by atoms with van der Waals surface area (Å²) in [5.41, 5.74) is 6.66. The number of rotatable bonds is 2. The summed E-state index contributed by atoms with van der Waals surface area (Å²) in [7, 11) is 0. The predicted molar refractivity (Wildman–Crippen MR) is 70.9 cm³/mol. The highest BCUT2D eigenvalue weighted by molar-refractivity contribution is 8.00. The SMILES string of the molecule is CC1(C)CN(c2ccc(CN)cn2)CCS1. The van der Waals surface area contributed by atoms with Gasteiger partial charge in [-0.1, -0.05) is 6.07 Å². The molecule has 0 amide bonds. The highest BCUT2D eigenvalue weighted by atomic mass is 32.2. The molecule has 2 rings (SSSR count). The molecule has 1 aromatic rings. The molecule has 1 fully saturated rings. The molecule has 0 radical (unpaired) electrons. The van der Waals surface area contributed by atoms with Crippen molar-refractivity contribution in [2.24, 2.45) is 5.73 Å². The van der Waals surface area contributed by atoms with Crippen LogP contribution in [0.1, 0.15) is 19.4 Å². The highest BCUT2D eigenvalue weighted by Gasteiger charge is 2.27. The Morgan fingerprint density at radius 2 is 2.31 bits per heavy atom. The van der Waals surface area contributed by atoms with Crippen LogP contribution in [0.15, 0.2) is 18.3 Å². The molecule has 0 aliphatic carbocycles. The number of anilines is 1. The molecule has 1 aromatic heterocycles. The third-order valence-electron chi connectivity index (χ3n) is 2.79. The van der Waals surface area contributed by atoms with E-state index in [2.05, 4.69) is 35.9 Å². The zero-order chi connectivity index (χ0) is 11.6. The minimum atomic E-state index is 0.326. The normalized spacial score (nSPS) is 19.8. The quantitative estimate of drug-likeness (QED) is 0.852. The fourth-order valence-corrected chi connectivity index (χ4v) is 3.05. The molecule has 3 nitrogen and oxygen atoms in total. The first-order valence-corrected chi connectivity index (χ1v) is 6.63. The van der Waals surface area contributed by atoms with Gasteiger partial charge in [0.1, 0.15) is 5.82 Å². The molecule has 1 aliphatic rings. The number of hydrogen-bond acceptors (Lipinski definition) is 4. The van der Waals surface area contributed by atoms with Gasteiger partial charge in [0.25, 0.3) is 0 Å². The predicted octanol–water partition coefficient (Wildman–Crippen LogP) is 1.87. The Bertz CT molecular complexity index is 348. The molecule has 2 N–H and O–H groups in total. The first-order chi connectivity index (χ1) is 7.61. The Balaban J connectivity index is 2.11. The van der Waals surface area contributed by atoms with Crippen molar-refractivity contribution in [3.05, 3.63) is 23.9 Å². The highest BCUT2D eigenvalue weighted by Crippen LogP contribution is 2.31. The number of thioether (sulfide) groups is 1. The molecule has 0 aromatic carbocycles. The van der Waals surface area contributed by atoms with Gasteiger partial charge < -0.3 is 10.6 Å². The van der Waals surface area contributed by atoms with Crippen molar-refractivity contribution in [3.63, 3.8) is 0 Å². The molecule has 0 saturated carbocycles. The molecule has 0 atom stereocenters. The van der Waals surface area contributed by atoms with E-state index in [0.29, 0.717) is 11.3 Å². The molecule has 0 spiro atoms. The van der Waals surface area contributed by atoms with Crippen LogP contribution in [0.3, 0.4) is 0 Å². The zero-order valence-corrected chi connectivity index (χ0v) is 10.8. The van der Waals surface area contributed by atoms with Crippen LogP contribution < -0.4 is 10.6 Å². The van der Waals surface area contributed by atoms with E-state index in [1.54, 1.807) is 0 Å². The van der Waals surface area contributed by atoms with E-state index in [9.17, 15) is 0 Å². The van der Waals surface area contributed by atoms with Crippen molar-refractivity contribution in [2.75, 3.05) is 23.7 Å². The minimum Gasteiger partial charge on any atom is -0.354 e. The molecule has 16 heavy (non-hydrogen) atoms. The fourth-order valence-electron chi connectivity index (χ4n) is 1.94. The van der Waals surface area contributed by atoms with Gasteiger partial charge in [-0.3, -0.25) is 0 Å². The number of pyridine rings is 1. The maximum atomic E-state index is 5.56. The van der Waals surface area contributed by atoms with E-state index in [4.69, 9.17) is 5.73 Å². The van der Waals surface area contributed by atoms with Gasteiger partial charge in [-0.25, -0.2) is 4.98 Å². The smallest absolute Gasteiger partial charge is 0.128 e. The Hall–Kier alpha value is -0.740. The maximum Gasteiger partial charge on any atom is 0.128 e. The summed E-state index contributed by atoms with van der Waals surface area (Å²) < 4.78 is 0.326. The van der Waals surface area contributed by atoms with Crippen LogP contribution >= 0.6 is 11.8 Å². The van der Waals surface area contributed by atoms with Crippen LogP contribution in [0.25, 0.3) is 0 Å². The summed E-state index contributed by atoms with van der Waals surface area (Å²) in [4.78, 5) is 6.83. The van der Waals surface area contributed by atoms with Gasteiger partial charge in [0.15, 0.2) is 0 Å². The van der Waals surface area contributed by atoms with Gasteiger partial charge in [0, 0.05) is 36.3 Å². The lowest BCUT2D eigenvalue weighted by molar-refractivity contribution is 0.642. The van der Waals surface area contributed by atoms with E-state index in [-0.39, 0.29) is 0 Å². The number of aromatic nitrogens is 1. The lowest BCUT2D eigenvalue weighted by Crippen LogP contribution is -2.43. The summed E-state index contributed by atoms with van der Waals surface area (Å²) >= 11 is 2.04. The molecule has 4 heteroatoms. The Kier molecular flexibility index (Phi) is 3.40. The first kappa shape index (κ1) is 11.7. The topological polar surface area (TPSA) is 42.1 Å². The van der Waals surface area contributed by atoms with E-state index >= 15 is 0 Å². The number of nitrogens with two attached hydrogens (primary N) is 1. The molecule has 2 heterocycles. The minimum absolute atomic E-state index is 0.326. The average Bonchev–Trinajstić information content (AvgIpc) is 2.28. The number of nitrogens with zero attached hydrogens (tertiary/aromatic N) is 2. The lowest BCUT2D eigenvalue weighted by Gasteiger charge is -2.38. The molecule has 1 aliphatic heterocycles. The Morgan fingerprint density at radius 1 is 1.50 bits per heavy atom. The van der Waals surface area contributed by atoms with Crippen molar-refractivity contribution in [3.8, 4) is 0 Å².